The van der Waals surface area contributed by atoms with E-state index in [4.69, 9.17) is 16.3 Å². The molecular formula is C16H22Cl2N2O2. The number of amides is 1. The van der Waals surface area contributed by atoms with Gasteiger partial charge in [-0.25, -0.2) is 0 Å². The van der Waals surface area contributed by atoms with Crippen LogP contribution in [0.25, 0.3) is 0 Å². The molecule has 3 rings (SSSR count). The summed E-state index contributed by atoms with van der Waals surface area (Å²) in [5, 5.41) is 4.03. The number of benzene rings is 1. The molecule has 122 valence electrons. The van der Waals surface area contributed by atoms with Gasteiger partial charge < -0.3 is 15.0 Å². The highest BCUT2D eigenvalue weighted by Gasteiger charge is 2.30. The molecule has 6 heteroatoms. The molecule has 4 nitrogen and oxygen atoms in total. The summed E-state index contributed by atoms with van der Waals surface area (Å²) in [4.78, 5) is 14.6. The molecule has 0 spiro atoms. The fourth-order valence-corrected chi connectivity index (χ4v) is 3.18. The van der Waals surface area contributed by atoms with E-state index in [0.717, 1.165) is 36.5 Å². The molecule has 1 aromatic rings. The van der Waals surface area contributed by atoms with Crippen molar-refractivity contribution in [1.82, 2.24) is 10.2 Å². The molecule has 2 atom stereocenters. The van der Waals surface area contributed by atoms with Gasteiger partial charge in [-0.1, -0.05) is 23.7 Å². The molecule has 0 bridgehead atoms. The third-order valence-corrected chi connectivity index (χ3v) is 4.52. The van der Waals surface area contributed by atoms with E-state index in [0.29, 0.717) is 19.7 Å². The minimum absolute atomic E-state index is 0. The van der Waals surface area contributed by atoms with Gasteiger partial charge in [-0.2, -0.15) is 0 Å². The van der Waals surface area contributed by atoms with Crippen LogP contribution in [0, 0.1) is 5.92 Å². The molecule has 2 aliphatic heterocycles. The number of morpholine rings is 1. The lowest BCUT2D eigenvalue weighted by atomic mass is 9.97. The largest absolute Gasteiger partial charge is 0.370 e. The number of hydrogen-bond donors (Lipinski definition) is 1. The molecule has 2 saturated heterocycles. The first-order valence-electron chi connectivity index (χ1n) is 7.60. The van der Waals surface area contributed by atoms with Crippen LogP contribution >= 0.6 is 24.0 Å². The molecule has 22 heavy (non-hydrogen) atoms. The summed E-state index contributed by atoms with van der Waals surface area (Å²) in [5.74, 6) is 0.396. The number of nitrogens with one attached hydrogen (secondary N) is 1. The van der Waals surface area contributed by atoms with Crippen LogP contribution in [-0.2, 0) is 9.53 Å². The maximum absolute atomic E-state index is 12.6. The summed E-state index contributed by atoms with van der Waals surface area (Å²) in [6.45, 7) is 3.76. The monoisotopic (exact) mass is 344 g/mol. The third kappa shape index (κ3) is 4.13. The molecule has 0 saturated carbocycles. The maximum atomic E-state index is 12.6. The van der Waals surface area contributed by atoms with Gasteiger partial charge in [-0.15, -0.1) is 12.4 Å². The number of piperidine rings is 1. The van der Waals surface area contributed by atoms with Crippen LogP contribution in [0.4, 0.5) is 0 Å². The first-order valence-corrected chi connectivity index (χ1v) is 7.98. The zero-order valence-corrected chi connectivity index (χ0v) is 14.0. The average molecular weight is 345 g/mol. The Morgan fingerprint density at radius 2 is 2.09 bits per heavy atom. The van der Waals surface area contributed by atoms with Gasteiger partial charge in [0, 0.05) is 18.1 Å². The molecule has 0 aliphatic carbocycles. The van der Waals surface area contributed by atoms with Crippen molar-refractivity contribution in [2.24, 2.45) is 5.92 Å². The molecule has 1 aromatic carbocycles. The second kappa shape index (κ2) is 8.16. The van der Waals surface area contributed by atoms with Crippen molar-refractivity contribution in [1.29, 1.82) is 0 Å². The molecule has 2 aliphatic rings. The number of carbonyl (C=O) groups excluding carboxylic acids is 1. The number of ether oxygens (including phenoxy) is 1. The quantitative estimate of drug-likeness (QED) is 0.896. The minimum atomic E-state index is -0.0449. The third-order valence-electron chi connectivity index (χ3n) is 4.27. The van der Waals surface area contributed by atoms with Crippen molar-refractivity contribution < 1.29 is 9.53 Å². The smallest absolute Gasteiger partial charge is 0.227 e. The van der Waals surface area contributed by atoms with E-state index in [1.54, 1.807) is 0 Å². The van der Waals surface area contributed by atoms with Crippen molar-refractivity contribution in [3.63, 3.8) is 0 Å². The molecule has 0 aromatic heterocycles. The van der Waals surface area contributed by atoms with E-state index in [2.05, 4.69) is 5.32 Å². The van der Waals surface area contributed by atoms with Gasteiger partial charge in [0.1, 0.15) is 6.10 Å². The zero-order valence-electron chi connectivity index (χ0n) is 12.5. The molecule has 0 radical (unpaired) electrons. The van der Waals surface area contributed by atoms with Crippen LogP contribution in [0.5, 0.6) is 0 Å². The fraction of sp³-hybridized carbons (Fsp3) is 0.562. The summed E-state index contributed by atoms with van der Waals surface area (Å²) in [6.07, 6.45) is 2.03. The zero-order chi connectivity index (χ0) is 14.7. The number of carbonyl (C=O) groups is 1. The van der Waals surface area contributed by atoms with Gasteiger partial charge in [0.15, 0.2) is 0 Å². The average Bonchev–Trinajstić information content (AvgIpc) is 2.56. The highest BCUT2D eigenvalue weighted by Crippen LogP contribution is 2.25. The first kappa shape index (κ1) is 17.5. The van der Waals surface area contributed by atoms with Crippen LogP contribution < -0.4 is 5.32 Å². The fourth-order valence-electron chi connectivity index (χ4n) is 3.05. The van der Waals surface area contributed by atoms with Crippen LogP contribution in [-0.4, -0.2) is 43.6 Å². The Balaban J connectivity index is 0.00000176. The van der Waals surface area contributed by atoms with E-state index in [9.17, 15) is 4.79 Å². The van der Waals surface area contributed by atoms with Gasteiger partial charge in [0.05, 0.1) is 19.1 Å². The normalized spacial score (nSPS) is 25.4. The van der Waals surface area contributed by atoms with E-state index < -0.39 is 0 Å². The van der Waals surface area contributed by atoms with Gasteiger partial charge >= 0.3 is 0 Å². The maximum Gasteiger partial charge on any atom is 0.227 e. The SMILES string of the molecule is Cl.O=C([C@@H]1CCCNC1)N1CCOC(c2ccc(Cl)cc2)C1. The number of nitrogens with zero attached hydrogens (tertiary/aromatic N) is 1. The van der Waals surface area contributed by atoms with Crippen molar-refractivity contribution in [2.75, 3.05) is 32.8 Å². The highest BCUT2D eigenvalue weighted by atomic mass is 35.5. The number of halogens is 2. The predicted octanol–water partition coefficient (Wildman–Crippen LogP) is 2.66. The van der Waals surface area contributed by atoms with Crippen molar-refractivity contribution in [3.8, 4) is 0 Å². The molecule has 2 heterocycles. The topological polar surface area (TPSA) is 41.6 Å². The molecule has 1 amide bonds. The van der Waals surface area contributed by atoms with E-state index >= 15 is 0 Å². The number of hydrogen-bond acceptors (Lipinski definition) is 3. The lowest BCUT2D eigenvalue weighted by Crippen LogP contribution is -2.48. The van der Waals surface area contributed by atoms with Crippen LogP contribution in [0.2, 0.25) is 5.02 Å². The Morgan fingerprint density at radius 3 is 2.77 bits per heavy atom. The van der Waals surface area contributed by atoms with Gasteiger partial charge in [-0.3, -0.25) is 4.79 Å². The Morgan fingerprint density at radius 1 is 1.32 bits per heavy atom. The van der Waals surface area contributed by atoms with E-state index in [-0.39, 0.29) is 30.3 Å². The van der Waals surface area contributed by atoms with Gasteiger partial charge in [0.2, 0.25) is 5.91 Å². The second-order valence-electron chi connectivity index (χ2n) is 5.74. The molecular weight excluding hydrogens is 323 g/mol. The minimum Gasteiger partial charge on any atom is -0.370 e. The Kier molecular flexibility index (Phi) is 6.50. The number of rotatable bonds is 2. The molecule has 1 unspecified atom stereocenters. The second-order valence-corrected chi connectivity index (χ2v) is 6.17. The summed E-state index contributed by atoms with van der Waals surface area (Å²) in [5.41, 5.74) is 1.08. The Labute approximate surface area is 142 Å². The highest BCUT2D eigenvalue weighted by molar-refractivity contribution is 6.30. The van der Waals surface area contributed by atoms with Crippen LogP contribution in [0.1, 0.15) is 24.5 Å². The van der Waals surface area contributed by atoms with E-state index in [1.165, 1.54) is 0 Å². The van der Waals surface area contributed by atoms with Crippen molar-refractivity contribution >= 4 is 29.9 Å². The van der Waals surface area contributed by atoms with Gasteiger partial charge in [-0.05, 0) is 37.1 Å². The van der Waals surface area contributed by atoms with Crippen molar-refractivity contribution in [3.05, 3.63) is 34.9 Å². The van der Waals surface area contributed by atoms with Crippen molar-refractivity contribution in [2.45, 2.75) is 18.9 Å². The first-order chi connectivity index (χ1) is 10.2. The van der Waals surface area contributed by atoms with E-state index in [1.807, 2.05) is 29.2 Å². The Hall–Kier alpha value is -0.810. The van der Waals surface area contributed by atoms with Gasteiger partial charge in [0.25, 0.3) is 0 Å². The lowest BCUT2D eigenvalue weighted by Gasteiger charge is -2.36. The summed E-state index contributed by atoms with van der Waals surface area (Å²) in [6, 6.07) is 7.68. The Bertz CT molecular complexity index is 489. The molecule has 2 fully saturated rings. The predicted molar refractivity (Wildman–Crippen MR) is 89.6 cm³/mol. The standard InChI is InChI=1S/C16H21ClN2O2.ClH/c17-14-5-3-12(4-6-14)15-11-19(8-9-21-15)16(20)13-2-1-7-18-10-13;/h3-6,13,15,18H,1-2,7-11H2;1H/t13-,15?;/m1./s1. The lowest BCUT2D eigenvalue weighted by molar-refractivity contribution is -0.143. The summed E-state index contributed by atoms with van der Waals surface area (Å²) < 4.78 is 5.82. The van der Waals surface area contributed by atoms with Crippen LogP contribution in [0.3, 0.4) is 0 Å². The summed E-state index contributed by atoms with van der Waals surface area (Å²) >= 11 is 5.92. The summed E-state index contributed by atoms with van der Waals surface area (Å²) in [7, 11) is 0. The molecule has 1 N–H and O–H groups in total. The van der Waals surface area contributed by atoms with Crippen LogP contribution in [0.15, 0.2) is 24.3 Å².